The average molecular weight is 446 g/mol. The summed E-state index contributed by atoms with van der Waals surface area (Å²) in [7, 11) is 0. The minimum atomic E-state index is -0.100. The molecule has 1 N–H and O–H groups in total. The summed E-state index contributed by atoms with van der Waals surface area (Å²) in [5.74, 6) is 2.93. The molecule has 4 aromatic rings. The van der Waals surface area contributed by atoms with Gasteiger partial charge < -0.3 is 19.4 Å². The van der Waals surface area contributed by atoms with Crippen LogP contribution in [0.1, 0.15) is 11.4 Å². The number of nitrogens with zero attached hydrogens (tertiary/aromatic N) is 7. The highest BCUT2D eigenvalue weighted by Crippen LogP contribution is 2.32. The molecule has 4 heterocycles. The van der Waals surface area contributed by atoms with E-state index in [1.54, 1.807) is 10.7 Å². The predicted molar refractivity (Wildman–Crippen MR) is 119 cm³/mol. The first-order chi connectivity index (χ1) is 16.2. The molecule has 33 heavy (non-hydrogen) atoms. The van der Waals surface area contributed by atoms with Crippen LogP contribution in [-0.4, -0.2) is 68.0 Å². The van der Waals surface area contributed by atoms with E-state index in [0.29, 0.717) is 24.3 Å². The highest BCUT2D eigenvalue weighted by Gasteiger charge is 2.23. The van der Waals surface area contributed by atoms with E-state index in [4.69, 9.17) is 9.47 Å². The number of piperazine rings is 1. The Morgan fingerprint density at radius 1 is 0.970 bits per heavy atom. The minimum Gasteiger partial charge on any atom is -0.454 e. The molecule has 1 saturated heterocycles. The van der Waals surface area contributed by atoms with E-state index in [9.17, 15) is 4.79 Å². The minimum absolute atomic E-state index is 0.100. The van der Waals surface area contributed by atoms with Gasteiger partial charge in [-0.15, -0.1) is 0 Å². The fourth-order valence-electron chi connectivity index (χ4n) is 4.27. The van der Waals surface area contributed by atoms with Gasteiger partial charge in [-0.25, -0.2) is 9.67 Å². The quantitative estimate of drug-likeness (QED) is 0.480. The third-order valence-corrected chi connectivity index (χ3v) is 5.97. The molecule has 11 nitrogen and oxygen atoms in total. The molecule has 0 unspecified atom stereocenters. The summed E-state index contributed by atoms with van der Waals surface area (Å²) in [6.07, 6.45) is 0. The molecular weight excluding hydrogens is 424 g/mol. The molecule has 2 aromatic heterocycles. The fraction of sp³-hybridized carbons (Fsp3) is 0.318. The Bertz CT molecular complexity index is 1360. The Morgan fingerprint density at radius 3 is 2.73 bits per heavy atom. The molecule has 0 radical (unpaired) electrons. The van der Waals surface area contributed by atoms with Gasteiger partial charge in [0.05, 0.1) is 24.0 Å². The van der Waals surface area contributed by atoms with Crippen LogP contribution in [-0.2, 0) is 13.1 Å². The van der Waals surface area contributed by atoms with E-state index in [2.05, 4.69) is 35.3 Å². The van der Waals surface area contributed by atoms with Crippen LogP contribution in [0.2, 0.25) is 0 Å². The number of hydrogen-bond donors (Lipinski definition) is 1. The SMILES string of the molecule is O=c1[nH]c(CN2CCN(c3nnnn3Cc3ccc4c(c3)OCO4)CC2)nc2ccccc12. The van der Waals surface area contributed by atoms with Gasteiger partial charge >= 0.3 is 0 Å². The predicted octanol–water partition coefficient (Wildman–Crippen LogP) is 1.01. The summed E-state index contributed by atoms with van der Waals surface area (Å²) in [6, 6.07) is 13.3. The molecule has 0 atom stereocenters. The number of para-hydroxylation sites is 1. The second-order valence-electron chi connectivity index (χ2n) is 8.12. The van der Waals surface area contributed by atoms with Crippen molar-refractivity contribution in [1.82, 2.24) is 35.1 Å². The van der Waals surface area contributed by atoms with Gasteiger partial charge in [0, 0.05) is 26.2 Å². The lowest BCUT2D eigenvalue weighted by Gasteiger charge is -2.34. The van der Waals surface area contributed by atoms with E-state index in [1.165, 1.54) is 0 Å². The number of ether oxygens (including phenoxy) is 2. The molecule has 0 amide bonds. The molecule has 11 heteroatoms. The molecule has 0 bridgehead atoms. The Balaban J connectivity index is 1.11. The Hall–Kier alpha value is -3.99. The number of benzene rings is 2. The number of H-pyrrole nitrogens is 1. The highest BCUT2D eigenvalue weighted by molar-refractivity contribution is 5.77. The largest absolute Gasteiger partial charge is 0.454 e. The van der Waals surface area contributed by atoms with Gasteiger partial charge in [0.25, 0.3) is 5.56 Å². The maximum Gasteiger partial charge on any atom is 0.258 e. The molecule has 168 valence electrons. The number of nitrogens with one attached hydrogen (secondary N) is 1. The fourth-order valence-corrected chi connectivity index (χ4v) is 4.27. The number of tetrazole rings is 1. The number of rotatable bonds is 5. The standard InChI is InChI=1S/C22H22N8O3/c31-21-16-3-1-2-4-17(16)23-20(24-21)13-28-7-9-29(10-8-28)22-25-26-27-30(22)12-15-5-6-18-19(11-15)33-14-32-18/h1-6,11H,7-10,12-14H2,(H,23,24,31). The maximum atomic E-state index is 12.3. The molecule has 2 aliphatic heterocycles. The van der Waals surface area contributed by atoms with Crippen LogP contribution in [0.15, 0.2) is 47.3 Å². The van der Waals surface area contributed by atoms with Crippen molar-refractivity contribution >= 4 is 16.9 Å². The first kappa shape index (κ1) is 19.7. The topological polar surface area (TPSA) is 114 Å². The first-order valence-electron chi connectivity index (χ1n) is 10.8. The van der Waals surface area contributed by atoms with Crippen LogP contribution in [0.3, 0.4) is 0 Å². The molecule has 2 aromatic carbocycles. The van der Waals surface area contributed by atoms with E-state index >= 15 is 0 Å². The average Bonchev–Trinajstić information content (AvgIpc) is 3.49. The maximum absolute atomic E-state index is 12.3. The number of aromatic nitrogens is 6. The van der Waals surface area contributed by atoms with E-state index in [1.807, 2.05) is 36.4 Å². The highest BCUT2D eigenvalue weighted by atomic mass is 16.7. The lowest BCUT2D eigenvalue weighted by molar-refractivity contribution is 0.174. The summed E-state index contributed by atoms with van der Waals surface area (Å²) >= 11 is 0. The van der Waals surface area contributed by atoms with Crippen molar-refractivity contribution in [2.75, 3.05) is 37.9 Å². The van der Waals surface area contributed by atoms with Crippen molar-refractivity contribution in [2.24, 2.45) is 0 Å². The summed E-state index contributed by atoms with van der Waals surface area (Å²) in [5, 5.41) is 12.9. The number of hydrogen-bond acceptors (Lipinski definition) is 9. The van der Waals surface area contributed by atoms with E-state index < -0.39 is 0 Å². The molecule has 6 rings (SSSR count). The second-order valence-corrected chi connectivity index (χ2v) is 8.12. The van der Waals surface area contributed by atoms with Gasteiger partial charge in [0.1, 0.15) is 5.82 Å². The van der Waals surface area contributed by atoms with Gasteiger partial charge in [-0.2, -0.15) is 0 Å². The van der Waals surface area contributed by atoms with Gasteiger partial charge in [-0.3, -0.25) is 9.69 Å². The lowest BCUT2D eigenvalue weighted by Crippen LogP contribution is -2.47. The Kier molecular flexibility index (Phi) is 4.87. The van der Waals surface area contributed by atoms with Gasteiger partial charge in [-0.1, -0.05) is 23.3 Å². The number of aromatic amines is 1. The van der Waals surface area contributed by atoms with Gasteiger partial charge in [0.2, 0.25) is 12.7 Å². The number of fused-ring (bicyclic) bond motifs is 2. The second kappa shape index (κ2) is 8.17. The van der Waals surface area contributed by atoms with Gasteiger partial charge in [0.15, 0.2) is 11.5 Å². The molecule has 0 saturated carbocycles. The van der Waals surface area contributed by atoms with Gasteiger partial charge in [-0.05, 0) is 40.3 Å². The van der Waals surface area contributed by atoms with Crippen LogP contribution in [0.5, 0.6) is 11.5 Å². The van der Waals surface area contributed by atoms with E-state index in [0.717, 1.165) is 54.7 Å². The smallest absolute Gasteiger partial charge is 0.258 e. The molecule has 1 fully saturated rings. The summed E-state index contributed by atoms with van der Waals surface area (Å²) in [6.45, 7) is 4.57. The zero-order valence-electron chi connectivity index (χ0n) is 17.8. The summed E-state index contributed by atoms with van der Waals surface area (Å²) in [5.41, 5.74) is 1.66. The molecular formula is C22H22N8O3. The van der Waals surface area contributed by atoms with Crippen molar-refractivity contribution in [3.63, 3.8) is 0 Å². The van der Waals surface area contributed by atoms with Crippen molar-refractivity contribution in [1.29, 1.82) is 0 Å². The molecule has 0 aliphatic carbocycles. The first-order valence-corrected chi connectivity index (χ1v) is 10.8. The molecule has 0 spiro atoms. The van der Waals surface area contributed by atoms with Crippen LogP contribution in [0.25, 0.3) is 10.9 Å². The van der Waals surface area contributed by atoms with Crippen molar-refractivity contribution in [3.8, 4) is 11.5 Å². The zero-order chi connectivity index (χ0) is 22.2. The van der Waals surface area contributed by atoms with Crippen molar-refractivity contribution in [2.45, 2.75) is 13.1 Å². The van der Waals surface area contributed by atoms with Crippen molar-refractivity contribution < 1.29 is 9.47 Å². The summed E-state index contributed by atoms with van der Waals surface area (Å²) in [4.78, 5) is 24.3. The molecule has 2 aliphatic rings. The van der Waals surface area contributed by atoms with Crippen LogP contribution >= 0.6 is 0 Å². The lowest BCUT2D eigenvalue weighted by atomic mass is 10.2. The van der Waals surface area contributed by atoms with Crippen molar-refractivity contribution in [3.05, 3.63) is 64.2 Å². The van der Waals surface area contributed by atoms with Crippen LogP contribution < -0.4 is 19.9 Å². The number of anilines is 1. The third kappa shape index (κ3) is 3.87. The van der Waals surface area contributed by atoms with E-state index in [-0.39, 0.29) is 12.4 Å². The Morgan fingerprint density at radius 2 is 1.82 bits per heavy atom. The van der Waals surface area contributed by atoms with Crippen LogP contribution in [0.4, 0.5) is 5.95 Å². The van der Waals surface area contributed by atoms with Crippen LogP contribution in [0, 0.1) is 0 Å². The zero-order valence-corrected chi connectivity index (χ0v) is 17.8. The Labute approximate surface area is 188 Å². The summed E-state index contributed by atoms with van der Waals surface area (Å²) < 4.78 is 12.7. The monoisotopic (exact) mass is 446 g/mol. The third-order valence-electron chi connectivity index (χ3n) is 5.97. The normalized spacial score (nSPS) is 15.9.